The van der Waals surface area contributed by atoms with Crippen molar-refractivity contribution in [1.29, 1.82) is 0 Å². The molecule has 0 saturated carbocycles. The van der Waals surface area contributed by atoms with Gasteiger partial charge in [0.1, 0.15) is 0 Å². The molecular weight excluding hydrogens is 202 g/mol. The molecule has 1 aromatic heterocycles. The van der Waals surface area contributed by atoms with E-state index in [0.717, 1.165) is 12.1 Å². The largest absolute Gasteiger partial charge is 0.461 e. The zero-order valence-electron chi connectivity index (χ0n) is 7.54. The van der Waals surface area contributed by atoms with Gasteiger partial charge in [0.2, 0.25) is 0 Å². The number of halogens is 2. The molecule has 0 unspecified atom stereocenters. The third-order valence-corrected chi connectivity index (χ3v) is 2.03. The Kier molecular flexibility index (Phi) is 2.33. The van der Waals surface area contributed by atoms with Gasteiger partial charge in [0.25, 0.3) is 0 Å². The first-order valence-electron chi connectivity index (χ1n) is 4.20. The normalized spacial score (nSPS) is 10.3. The summed E-state index contributed by atoms with van der Waals surface area (Å²) in [6, 6.07) is 4.94. The summed E-state index contributed by atoms with van der Waals surface area (Å²) >= 11 is 0. The SMILES string of the molecule is O=Cc1occc1-c1ccc(F)c(F)c1. The van der Waals surface area contributed by atoms with E-state index in [9.17, 15) is 13.6 Å². The molecule has 2 nitrogen and oxygen atoms in total. The highest BCUT2D eigenvalue weighted by Gasteiger charge is 2.10. The Balaban J connectivity index is 2.54. The van der Waals surface area contributed by atoms with Gasteiger partial charge in [-0.05, 0) is 23.8 Å². The van der Waals surface area contributed by atoms with Crippen LogP contribution in [0.5, 0.6) is 0 Å². The first-order chi connectivity index (χ1) is 7.22. The molecule has 2 rings (SSSR count). The topological polar surface area (TPSA) is 30.2 Å². The molecule has 2 aromatic rings. The smallest absolute Gasteiger partial charge is 0.185 e. The highest BCUT2D eigenvalue weighted by molar-refractivity contribution is 5.84. The van der Waals surface area contributed by atoms with Gasteiger partial charge in [0.05, 0.1) is 6.26 Å². The number of furan rings is 1. The van der Waals surface area contributed by atoms with Crippen LogP contribution >= 0.6 is 0 Å². The minimum atomic E-state index is -0.953. The van der Waals surface area contributed by atoms with Gasteiger partial charge in [-0.25, -0.2) is 8.78 Å². The van der Waals surface area contributed by atoms with Crippen molar-refractivity contribution >= 4 is 6.29 Å². The van der Waals surface area contributed by atoms with Crippen molar-refractivity contribution in [2.75, 3.05) is 0 Å². The van der Waals surface area contributed by atoms with Crippen molar-refractivity contribution in [3.05, 3.63) is 47.9 Å². The Bertz CT molecular complexity index is 503. The van der Waals surface area contributed by atoms with Gasteiger partial charge in [0, 0.05) is 5.56 Å². The molecule has 0 bridgehead atoms. The number of hydrogen-bond acceptors (Lipinski definition) is 2. The van der Waals surface area contributed by atoms with Gasteiger partial charge in [-0.15, -0.1) is 0 Å². The fourth-order valence-corrected chi connectivity index (χ4v) is 1.31. The van der Waals surface area contributed by atoms with Crippen molar-refractivity contribution in [3.8, 4) is 11.1 Å². The van der Waals surface area contributed by atoms with Crippen molar-refractivity contribution in [1.82, 2.24) is 0 Å². The quantitative estimate of drug-likeness (QED) is 0.710. The van der Waals surface area contributed by atoms with Gasteiger partial charge in [0.15, 0.2) is 23.7 Å². The van der Waals surface area contributed by atoms with Crippen LogP contribution in [0.1, 0.15) is 10.6 Å². The Morgan fingerprint density at radius 1 is 1.13 bits per heavy atom. The molecule has 0 fully saturated rings. The summed E-state index contributed by atoms with van der Waals surface area (Å²) in [5.74, 6) is -1.78. The minimum Gasteiger partial charge on any atom is -0.461 e. The molecule has 0 amide bonds. The maximum absolute atomic E-state index is 12.9. The molecule has 0 aliphatic rings. The molecule has 1 aromatic carbocycles. The predicted molar refractivity (Wildman–Crippen MR) is 49.4 cm³/mol. The zero-order chi connectivity index (χ0) is 10.8. The maximum atomic E-state index is 12.9. The summed E-state index contributed by atoms with van der Waals surface area (Å²) in [6.45, 7) is 0. The number of hydrogen-bond donors (Lipinski definition) is 0. The van der Waals surface area contributed by atoms with E-state index in [-0.39, 0.29) is 5.76 Å². The Labute approximate surface area is 84.1 Å². The van der Waals surface area contributed by atoms with Crippen LogP contribution in [0.15, 0.2) is 34.9 Å². The number of rotatable bonds is 2. The molecule has 0 spiro atoms. The summed E-state index contributed by atoms with van der Waals surface area (Å²) in [4.78, 5) is 10.6. The van der Waals surface area contributed by atoms with E-state index in [1.165, 1.54) is 18.4 Å². The van der Waals surface area contributed by atoms with E-state index in [4.69, 9.17) is 4.42 Å². The Morgan fingerprint density at radius 3 is 2.60 bits per heavy atom. The number of carbonyl (C=O) groups is 1. The van der Waals surface area contributed by atoms with Crippen LogP contribution in [-0.4, -0.2) is 6.29 Å². The monoisotopic (exact) mass is 208 g/mol. The van der Waals surface area contributed by atoms with Gasteiger partial charge in [-0.1, -0.05) is 6.07 Å². The van der Waals surface area contributed by atoms with Gasteiger partial charge in [-0.2, -0.15) is 0 Å². The average Bonchev–Trinajstić information content (AvgIpc) is 2.70. The molecule has 4 heteroatoms. The molecule has 15 heavy (non-hydrogen) atoms. The van der Waals surface area contributed by atoms with Crippen LogP contribution < -0.4 is 0 Å². The fraction of sp³-hybridized carbons (Fsp3) is 0. The summed E-state index contributed by atoms with van der Waals surface area (Å²) < 4.78 is 30.4. The molecular formula is C11H6F2O2. The summed E-state index contributed by atoms with van der Waals surface area (Å²) in [5.41, 5.74) is 0.855. The van der Waals surface area contributed by atoms with Crippen LogP contribution in [-0.2, 0) is 0 Å². The summed E-state index contributed by atoms with van der Waals surface area (Å²) in [5, 5.41) is 0. The van der Waals surface area contributed by atoms with Gasteiger partial charge >= 0.3 is 0 Å². The van der Waals surface area contributed by atoms with Crippen molar-refractivity contribution in [3.63, 3.8) is 0 Å². The van der Waals surface area contributed by atoms with Crippen molar-refractivity contribution < 1.29 is 18.0 Å². The highest BCUT2D eigenvalue weighted by atomic mass is 19.2. The lowest BCUT2D eigenvalue weighted by Gasteiger charge is -1.99. The van der Waals surface area contributed by atoms with Gasteiger partial charge in [-0.3, -0.25) is 4.79 Å². The highest BCUT2D eigenvalue weighted by Crippen LogP contribution is 2.25. The molecule has 1 heterocycles. The third-order valence-electron chi connectivity index (χ3n) is 2.03. The summed E-state index contributed by atoms with van der Waals surface area (Å²) in [7, 11) is 0. The van der Waals surface area contributed by atoms with Crippen LogP contribution in [0.4, 0.5) is 8.78 Å². The second kappa shape index (κ2) is 3.65. The third kappa shape index (κ3) is 1.66. The van der Waals surface area contributed by atoms with E-state index in [1.807, 2.05) is 0 Å². The minimum absolute atomic E-state index is 0.0982. The molecule has 0 atom stereocenters. The van der Waals surface area contributed by atoms with E-state index in [1.54, 1.807) is 0 Å². The number of benzene rings is 1. The zero-order valence-corrected chi connectivity index (χ0v) is 7.54. The standard InChI is InChI=1S/C11H6F2O2/c12-9-2-1-7(5-10(9)13)8-3-4-15-11(8)6-14/h1-6H. The van der Waals surface area contributed by atoms with E-state index >= 15 is 0 Å². The lowest BCUT2D eigenvalue weighted by molar-refractivity contribution is 0.110. The molecule has 0 N–H and O–H groups in total. The average molecular weight is 208 g/mol. The second-order valence-electron chi connectivity index (χ2n) is 2.95. The Hall–Kier alpha value is -1.97. The van der Waals surface area contributed by atoms with Crippen LogP contribution in [0.3, 0.4) is 0 Å². The summed E-state index contributed by atoms with van der Waals surface area (Å²) in [6.07, 6.45) is 1.84. The molecule has 0 aliphatic carbocycles. The van der Waals surface area contributed by atoms with E-state index < -0.39 is 11.6 Å². The maximum Gasteiger partial charge on any atom is 0.185 e. The van der Waals surface area contributed by atoms with E-state index in [2.05, 4.69) is 0 Å². The van der Waals surface area contributed by atoms with Crippen LogP contribution in [0.25, 0.3) is 11.1 Å². The predicted octanol–water partition coefficient (Wildman–Crippen LogP) is 3.04. The number of aldehydes is 1. The van der Waals surface area contributed by atoms with E-state index in [0.29, 0.717) is 17.4 Å². The molecule has 0 saturated heterocycles. The number of carbonyl (C=O) groups excluding carboxylic acids is 1. The molecule has 0 radical (unpaired) electrons. The fourth-order valence-electron chi connectivity index (χ4n) is 1.31. The van der Waals surface area contributed by atoms with Crippen molar-refractivity contribution in [2.45, 2.75) is 0 Å². The van der Waals surface area contributed by atoms with Gasteiger partial charge < -0.3 is 4.42 Å². The molecule has 76 valence electrons. The first kappa shape index (κ1) is 9.58. The van der Waals surface area contributed by atoms with Crippen molar-refractivity contribution in [2.24, 2.45) is 0 Å². The lowest BCUT2D eigenvalue weighted by atomic mass is 10.1. The second-order valence-corrected chi connectivity index (χ2v) is 2.95. The first-order valence-corrected chi connectivity index (χ1v) is 4.20. The molecule has 0 aliphatic heterocycles. The van der Waals surface area contributed by atoms with Crippen LogP contribution in [0, 0.1) is 11.6 Å². The Morgan fingerprint density at radius 2 is 1.93 bits per heavy atom. The van der Waals surface area contributed by atoms with Crippen LogP contribution in [0.2, 0.25) is 0 Å². The lowest BCUT2D eigenvalue weighted by Crippen LogP contribution is -1.86.